The first-order valence-electron chi connectivity index (χ1n) is 8.77. The lowest BCUT2D eigenvalue weighted by atomic mass is 10.1. The van der Waals surface area contributed by atoms with Gasteiger partial charge in [-0.15, -0.1) is 0 Å². The van der Waals surface area contributed by atoms with E-state index in [1.54, 1.807) is 28.1 Å². The molecule has 0 aliphatic carbocycles. The zero-order chi connectivity index (χ0) is 18.5. The molecule has 6 heteroatoms. The number of hydrogen-bond acceptors (Lipinski definition) is 3. The van der Waals surface area contributed by atoms with Gasteiger partial charge in [0.25, 0.3) is 0 Å². The molecule has 2 aromatic rings. The largest absolute Gasteiger partial charge is 0.338 e. The third kappa shape index (κ3) is 4.25. The van der Waals surface area contributed by atoms with Gasteiger partial charge in [0.05, 0.1) is 18.2 Å². The second-order valence-electron chi connectivity index (χ2n) is 6.48. The van der Waals surface area contributed by atoms with Gasteiger partial charge in [0.1, 0.15) is 5.82 Å². The summed E-state index contributed by atoms with van der Waals surface area (Å²) in [7, 11) is 0. The molecule has 1 aliphatic rings. The number of carbonyl (C=O) groups excluding carboxylic acids is 2. The van der Waals surface area contributed by atoms with Crippen LogP contribution in [-0.4, -0.2) is 39.7 Å². The van der Waals surface area contributed by atoms with Crippen LogP contribution in [0.1, 0.15) is 24.6 Å². The molecule has 1 aromatic heterocycles. The van der Waals surface area contributed by atoms with Crippen LogP contribution < -0.4 is 0 Å². The highest BCUT2D eigenvalue weighted by molar-refractivity contribution is 5.89. The van der Waals surface area contributed by atoms with Gasteiger partial charge in [-0.05, 0) is 36.8 Å². The van der Waals surface area contributed by atoms with Gasteiger partial charge in [-0.25, -0.2) is 4.39 Å². The van der Waals surface area contributed by atoms with Gasteiger partial charge >= 0.3 is 0 Å². The average Bonchev–Trinajstić information content (AvgIpc) is 3.00. The van der Waals surface area contributed by atoms with Crippen LogP contribution in [0.4, 0.5) is 4.39 Å². The Morgan fingerprint density at radius 3 is 2.85 bits per heavy atom. The van der Waals surface area contributed by atoms with Gasteiger partial charge in [-0.1, -0.05) is 18.2 Å². The van der Waals surface area contributed by atoms with Crippen LogP contribution in [0.3, 0.4) is 0 Å². The van der Waals surface area contributed by atoms with Crippen molar-refractivity contribution in [3.63, 3.8) is 0 Å². The fraction of sp³-hybridized carbons (Fsp3) is 0.350. The summed E-state index contributed by atoms with van der Waals surface area (Å²) in [6, 6.07) is 11.8. The minimum Gasteiger partial charge on any atom is -0.338 e. The van der Waals surface area contributed by atoms with Crippen LogP contribution in [0.2, 0.25) is 0 Å². The Morgan fingerprint density at radius 2 is 2.15 bits per heavy atom. The maximum Gasteiger partial charge on any atom is 0.228 e. The van der Waals surface area contributed by atoms with E-state index in [1.165, 1.54) is 12.1 Å². The Morgan fingerprint density at radius 1 is 1.31 bits per heavy atom. The summed E-state index contributed by atoms with van der Waals surface area (Å²) in [4.78, 5) is 32.7. The summed E-state index contributed by atoms with van der Waals surface area (Å²) in [5.74, 6) is -0.771. The fourth-order valence-electron chi connectivity index (χ4n) is 3.24. The molecule has 0 N–H and O–H groups in total. The summed E-state index contributed by atoms with van der Waals surface area (Å²) in [6.07, 6.45) is 1.90. The lowest BCUT2D eigenvalue weighted by Crippen LogP contribution is -2.37. The van der Waals surface area contributed by atoms with Gasteiger partial charge in [0, 0.05) is 32.3 Å². The van der Waals surface area contributed by atoms with E-state index in [2.05, 4.69) is 4.98 Å². The minimum absolute atomic E-state index is 0.0317. The summed E-state index contributed by atoms with van der Waals surface area (Å²) < 4.78 is 13.4. The SMILES string of the molecule is CCN(Cc1cccc(F)c1)C(=O)C1CC(=O)N(Cc2ccccn2)C1. The zero-order valence-electron chi connectivity index (χ0n) is 14.8. The first-order valence-corrected chi connectivity index (χ1v) is 8.77. The van der Waals surface area contributed by atoms with Gasteiger partial charge in [0.2, 0.25) is 11.8 Å². The van der Waals surface area contributed by atoms with Crippen molar-refractivity contribution >= 4 is 11.8 Å². The molecule has 0 bridgehead atoms. The molecule has 0 saturated carbocycles. The van der Waals surface area contributed by atoms with E-state index in [9.17, 15) is 14.0 Å². The lowest BCUT2D eigenvalue weighted by Gasteiger charge is -2.24. The van der Waals surface area contributed by atoms with Crippen molar-refractivity contribution in [1.29, 1.82) is 0 Å². The summed E-state index contributed by atoms with van der Waals surface area (Å²) in [6.45, 7) is 3.56. The molecular formula is C20H22FN3O2. The van der Waals surface area contributed by atoms with Gasteiger partial charge < -0.3 is 9.80 Å². The van der Waals surface area contributed by atoms with Crippen molar-refractivity contribution < 1.29 is 14.0 Å². The third-order valence-electron chi connectivity index (χ3n) is 4.60. The Balaban J connectivity index is 1.64. The predicted octanol–water partition coefficient (Wildman–Crippen LogP) is 2.62. The summed E-state index contributed by atoms with van der Waals surface area (Å²) in [5, 5.41) is 0. The molecule has 0 spiro atoms. The van der Waals surface area contributed by atoms with Gasteiger partial charge in [-0.2, -0.15) is 0 Å². The van der Waals surface area contributed by atoms with E-state index in [4.69, 9.17) is 0 Å². The molecule has 2 heterocycles. The summed E-state index contributed by atoms with van der Waals surface area (Å²) >= 11 is 0. The minimum atomic E-state index is -0.361. The molecule has 1 fully saturated rings. The van der Waals surface area contributed by atoms with Crippen LogP contribution in [-0.2, 0) is 22.7 Å². The van der Waals surface area contributed by atoms with Crippen molar-refractivity contribution in [2.75, 3.05) is 13.1 Å². The van der Waals surface area contributed by atoms with Gasteiger partial charge in [-0.3, -0.25) is 14.6 Å². The standard InChI is InChI=1S/C20H22FN3O2/c1-2-23(12-15-6-5-7-17(21)10-15)20(26)16-11-19(25)24(13-16)14-18-8-3-4-9-22-18/h3-10,16H,2,11-14H2,1H3. The Hall–Kier alpha value is -2.76. The number of pyridine rings is 1. The van der Waals surface area contributed by atoms with Crippen LogP contribution in [0, 0.1) is 11.7 Å². The number of rotatable bonds is 6. The van der Waals surface area contributed by atoms with Crippen LogP contribution in [0.5, 0.6) is 0 Å². The predicted molar refractivity (Wildman–Crippen MR) is 95.3 cm³/mol. The van der Waals surface area contributed by atoms with Crippen molar-refractivity contribution in [3.8, 4) is 0 Å². The number of amides is 2. The molecule has 2 amide bonds. The van der Waals surface area contributed by atoms with Crippen molar-refractivity contribution in [3.05, 3.63) is 65.7 Å². The molecular weight excluding hydrogens is 333 g/mol. The molecule has 1 aliphatic heterocycles. The number of nitrogens with zero attached hydrogens (tertiary/aromatic N) is 3. The highest BCUT2D eigenvalue weighted by Crippen LogP contribution is 2.22. The molecule has 3 rings (SSSR count). The molecule has 136 valence electrons. The normalized spacial score (nSPS) is 16.8. The second kappa shape index (κ2) is 8.08. The lowest BCUT2D eigenvalue weighted by molar-refractivity contribution is -0.136. The monoisotopic (exact) mass is 355 g/mol. The molecule has 0 radical (unpaired) electrons. The van der Waals surface area contributed by atoms with Crippen LogP contribution >= 0.6 is 0 Å². The first kappa shape index (κ1) is 18.0. The summed E-state index contributed by atoms with van der Waals surface area (Å²) in [5.41, 5.74) is 1.55. The molecule has 5 nitrogen and oxygen atoms in total. The number of aromatic nitrogens is 1. The topological polar surface area (TPSA) is 53.5 Å². The van der Waals surface area contributed by atoms with E-state index >= 15 is 0 Å². The van der Waals surface area contributed by atoms with Crippen molar-refractivity contribution in [1.82, 2.24) is 14.8 Å². The van der Waals surface area contributed by atoms with E-state index in [0.717, 1.165) is 11.3 Å². The first-order chi connectivity index (χ1) is 12.6. The number of halogens is 1. The third-order valence-corrected chi connectivity index (χ3v) is 4.60. The van der Waals surface area contributed by atoms with Gasteiger partial charge in [0.15, 0.2) is 0 Å². The van der Waals surface area contributed by atoms with E-state index in [1.807, 2.05) is 25.1 Å². The molecule has 26 heavy (non-hydrogen) atoms. The molecule has 1 saturated heterocycles. The highest BCUT2D eigenvalue weighted by atomic mass is 19.1. The second-order valence-corrected chi connectivity index (χ2v) is 6.48. The van der Waals surface area contributed by atoms with Crippen LogP contribution in [0.25, 0.3) is 0 Å². The Kier molecular flexibility index (Phi) is 5.61. The van der Waals surface area contributed by atoms with E-state index in [0.29, 0.717) is 26.2 Å². The number of likely N-dealkylation sites (tertiary alicyclic amines) is 1. The smallest absolute Gasteiger partial charge is 0.228 e. The fourth-order valence-corrected chi connectivity index (χ4v) is 3.24. The molecule has 1 unspecified atom stereocenters. The molecule has 1 aromatic carbocycles. The van der Waals surface area contributed by atoms with Crippen LogP contribution in [0.15, 0.2) is 48.7 Å². The average molecular weight is 355 g/mol. The number of benzene rings is 1. The maximum absolute atomic E-state index is 13.4. The number of carbonyl (C=O) groups is 2. The molecule has 1 atom stereocenters. The quantitative estimate of drug-likeness (QED) is 0.800. The Labute approximate surface area is 152 Å². The zero-order valence-corrected chi connectivity index (χ0v) is 14.8. The van der Waals surface area contributed by atoms with Crippen molar-refractivity contribution in [2.45, 2.75) is 26.4 Å². The Bertz CT molecular complexity index is 782. The van der Waals surface area contributed by atoms with E-state index < -0.39 is 0 Å². The highest BCUT2D eigenvalue weighted by Gasteiger charge is 2.36. The maximum atomic E-state index is 13.4. The van der Waals surface area contributed by atoms with E-state index in [-0.39, 0.29) is 30.0 Å². The number of hydrogen-bond donors (Lipinski definition) is 0. The van der Waals surface area contributed by atoms with Crippen molar-refractivity contribution in [2.24, 2.45) is 5.92 Å².